The third-order valence-corrected chi connectivity index (χ3v) is 4.21. The van der Waals surface area contributed by atoms with Crippen molar-refractivity contribution in [3.8, 4) is 11.3 Å². The minimum Gasteiger partial charge on any atom is -0.466 e. The number of carbonyl (C=O) groups excluding carboxylic acids is 3. The van der Waals surface area contributed by atoms with Crippen LogP contribution >= 0.6 is 0 Å². The minimum absolute atomic E-state index is 0.0700. The predicted octanol–water partition coefficient (Wildman–Crippen LogP) is 3.42. The Hall–Kier alpha value is -3.41. The second-order valence-electron chi connectivity index (χ2n) is 5.77. The summed E-state index contributed by atoms with van der Waals surface area (Å²) in [6.07, 6.45) is 1.25. The molecule has 0 atom stereocenters. The predicted molar refractivity (Wildman–Crippen MR) is 90.1 cm³/mol. The standard InChI is InChI=1S/C20H14O6/c1-2-24-15(21)10-14-16(13-8-5-9-25-13)17-18(22)11-6-3-4-7-12(11)19(23)20(17)26-14/h3-9H,2,10H2,1H3. The normalized spacial score (nSPS) is 12.7. The van der Waals surface area contributed by atoms with Gasteiger partial charge in [-0.15, -0.1) is 0 Å². The quantitative estimate of drug-likeness (QED) is 0.524. The average Bonchev–Trinajstić information content (AvgIpc) is 3.27. The van der Waals surface area contributed by atoms with Crippen molar-refractivity contribution in [2.24, 2.45) is 0 Å². The van der Waals surface area contributed by atoms with Crippen molar-refractivity contribution in [3.63, 3.8) is 0 Å². The number of esters is 1. The molecule has 6 nitrogen and oxygen atoms in total. The molecule has 4 rings (SSSR count). The van der Waals surface area contributed by atoms with Crippen LogP contribution in [0.5, 0.6) is 0 Å². The van der Waals surface area contributed by atoms with Crippen LogP contribution in [0.15, 0.2) is 51.5 Å². The lowest BCUT2D eigenvalue weighted by atomic mass is 9.86. The first-order chi connectivity index (χ1) is 12.6. The Bertz CT molecular complexity index is 1020. The smallest absolute Gasteiger partial charge is 0.313 e. The van der Waals surface area contributed by atoms with Gasteiger partial charge in [0.05, 0.1) is 24.0 Å². The van der Waals surface area contributed by atoms with Gasteiger partial charge in [-0.1, -0.05) is 24.3 Å². The molecule has 0 saturated carbocycles. The number of furan rings is 2. The van der Waals surface area contributed by atoms with E-state index in [1.807, 2.05) is 0 Å². The third-order valence-electron chi connectivity index (χ3n) is 4.21. The van der Waals surface area contributed by atoms with Crippen LogP contribution in [0.25, 0.3) is 11.3 Å². The summed E-state index contributed by atoms with van der Waals surface area (Å²) in [7, 11) is 0. The largest absolute Gasteiger partial charge is 0.466 e. The van der Waals surface area contributed by atoms with Crippen molar-refractivity contribution in [1.29, 1.82) is 0 Å². The molecule has 0 N–H and O–H groups in total. The van der Waals surface area contributed by atoms with Gasteiger partial charge in [0.15, 0.2) is 11.5 Å². The minimum atomic E-state index is -0.510. The van der Waals surface area contributed by atoms with E-state index >= 15 is 0 Å². The Morgan fingerprint density at radius 1 is 1.00 bits per heavy atom. The summed E-state index contributed by atoms with van der Waals surface area (Å²) in [5, 5.41) is 0. The molecule has 130 valence electrons. The molecule has 2 aromatic heterocycles. The van der Waals surface area contributed by atoms with Crippen LogP contribution in [-0.4, -0.2) is 24.1 Å². The highest BCUT2D eigenvalue weighted by molar-refractivity contribution is 6.29. The molecule has 0 bridgehead atoms. The summed E-state index contributed by atoms with van der Waals surface area (Å²) in [5.41, 5.74) is 1.04. The fraction of sp³-hybridized carbons (Fsp3) is 0.150. The maximum atomic E-state index is 13.0. The second-order valence-corrected chi connectivity index (χ2v) is 5.77. The fourth-order valence-electron chi connectivity index (χ4n) is 3.14. The van der Waals surface area contributed by atoms with E-state index in [-0.39, 0.29) is 41.5 Å². The molecule has 2 heterocycles. The van der Waals surface area contributed by atoms with Gasteiger partial charge in [0.1, 0.15) is 17.9 Å². The van der Waals surface area contributed by atoms with Gasteiger partial charge in [0, 0.05) is 11.1 Å². The monoisotopic (exact) mass is 350 g/mol. The lowest BCUT2D eigenvalue weighted by Crippen LogP contribution is -2.19. The highest BCUT2D eigenvalue weighted by Gasteiger charge is 2.38. The van der Waals surface area contributed by atoms with Gasteiger partial charge in [0.2, 0.25) is 5.78 Å². The van der Waals surface area contributed by atoms with E-state index in [0.29, 0.717) is 16.9 Å². The maximum Gasteiger partial charge on any atom is 0.313 e. The molecule has 0 radical (unpaired) electrons. The number of ether oxygens (including phenoxy) is 1. The highest BCUT2D eigenvalue weighted by Crippen LogP contribution is 2.39. The van der Waals surface area contributed by atoms with E-state index < -0.39 is 11.8 Å². The van der Waals surface area contributed by atoms with Gasteiger partial charge in [-0.3, -0.25) is 14.4 Å². The van der Waals surface area contributed by atoms with Crippen molar-refractivity contribution in [2.75, 3.05) is 6.61 Å². The summed E-state index contributed by atoms with van der Waals surface area (Å²) < 4.78 is 16.1. The molecule has 6 heteroatoms. The van der Waals surface area contributed by atoms with Crippen LogP contribution in [0.2, 0.25) is 0 Å². The number of hydrogen-bond donors (Lipinski definition) is 0. The van der Waals surface area contributed by atoms with Gasteiger partial charge < -0.3 is 13.6 Å². The molecule has 0 saturated heterocycles. The number of hydrogen-bond acceptors (Lipinski definition) is 6. The van der Waals surface area contributed by atoms with Gasteiger partial charge in [0.25, 0.3) is 0 Å². The summed E-state index contributed by atoms with van der Waals surface area (Å²) in [6.45, 7) is 1.92. The summed E-state index contributed by atoms with van der Waals surface area (Å²) in [5.74, 6) is -0.769. The van der Waals surface area contributed by atoms with Crippen molar-refractivity contribution in [3.05, 3.63) is 70.9 Å². The number of benzene rings is 1. The molecule has 0 aliphatic heterocycles. The molecule has 0 spiro atoms. The molecule has 1 aliphatic carbocycles. The molecular weight excluding hydrogens is 336 g/mol. The zero-order chi connectivity index (χ0) is 18.3. The molecule has 0 unspecified atom stereocenters. The summed E-state index contributed by atoms with van der Waals surface area (Å²) >= 11 is 0. The van der Waals surface area contributed by atoms with E-state index in [1.165, 1.54) is 6.26 Å². The first-order valence-corrected chi connectivity index (χ1v) is 8.15. The van der Waals surface area contributed by atoms with E-state index in [9.17, 15) is 14.4 Å². The molecule has 1 aliphatic rings. The van der Waals surface area contributed by atoms with Crippen LogP contribution in [0.4, 0.5) is 0 Å². The first kappa shape index (κ1) is 16.1. The SMILES string of the molecule is CCOC(=O)Cc1oc2c(c1-c1ccco1)C(=O)c1ccccc1C2=O. The van der Waals surface area contributed by atoms with E-state index in [4.69, 9.17) is 13.6 Å². The molecule has 1 aromatic carbocycles. The van der Waals surface area contributed by atoms with Crippen LogP contribution in [0.1, 0.15) is 44.7 Å². The van der Waals surface area contributed by atoms with Crippen molar-refractivity contribution in [2.45, 2.75) is 13.3 Å². The summed E-state index contributed by atoms with van der Waals surface area (Å²) in [4.78, 5) is 37.8. The first-order valence-electron chi connectivity index (χ1n) is 8.15. The van der Waals surface area contributed by atoms with Crippen LogP contribution in [-0.2, 0) is 16.0 Å². The topological polar surface area (TPSA) is 86.7 Å². The van der Waals surface area contributed by atoms with Crippen LogP contribution in [0.3, 0.4) is 0 Å². The number of ketones is 2. The average molecular weight is 350 g/mol. The highest BCUT2D eigenvalue weighted by atomic mass is 16.5. The summed E-state index contributed by atoms with van der Waals surface area (Å²) in [6, 6.07) is 9.87. The number of fused-ring (bicyclic) bond motifs is 2. The van der Waals surface area contributed by atoms with E-state index in [2.05, 4.69) is 0 Å². The Morgan fingerprint density at radius 3 is 2.38 bits per heavy atom. The van der Waals surface area contributed by atoms with E-state index in [0.717, 1.165) is 0 Å². The molecular formula is C20H14O6. The third kappa shape index (κ3) is 2.38. The van der Waals surface area contributed by atoms with Gasteiger partial charge >= 0.3 is 5.97 Å². The second kappa shape index (κ2) is 6.15. The van der Waals surface area contributed by atoms with Gasteiger partial charge in [-0.05, 0) is 19.1 Å². The van der Waals surface area contributed by atoms with Crippen molar-refractivity contribution >= 4 is 17.5 Å². The van der Waals surface area contributed by atoms with Crippen LogP contribution < -0.4 is 0 Å². The fourth-order valence-corrected chi connectivity index (χ4v) is 3.14. The Kier molecular flexibility index (Phi) is 3.80. The van der Waals surface area contributed by atoms with Crippen molar-refractivity contribution in [1.82, 2.24) is 0 Å². The van der Waals surface area contributed by atoms with Crippen molar-refractivity contribution < 1.29 is 28.0 Å². The number of carbonyl (C=O) groups is 3. The zero-order valence-electron chi connectivity index (χ0n) is 13.9. The lowest BCUT2D eigenvalue weighted by molar-refractivity contribution is -0.142. The van der Waals surface area contributed by atoms with E-state index in [1.54, 1.807) is 43.3 Å². The van der Waals surface area contributed by atoms with Gasteiger partial charge in [-0.2, -0.15) is 0 Å². The molecule has 0 fully saturated rings. The maximum absolute atomic E-state index is 13.0. The zero-order valence-corrected chi connectivity index (χ0v) is 13.9. The van der Waals surface area contributed by atoms with Gasteiger partial charge in [-0.25, -0.2) is 0 Å². The molecule has 26 heavy (non-hydrogen) atoms. The lowest BCUT2D eigenvalue weighted by Gasteiger charge is -2.13. The Labute approximate surface area is 148 Å². The molecule has 3 aromatic rings. The molecule has 0 amide bonds. The van der Waals surface area contributed by atoms with Crippen LogP contribution in [0, 0.1) is 0 Å². The number of rotatable bonds is 4. The Balaban J connectivity index is 1.92. The Morgan fingerprint density at radius 2 is 1.73 bits per heavy atom.